The van der Waals surface area contributed by atoms with Crippen LogP contribution < -0.4 is 5.32 Å². The number of hydrogen-bond acceptors (Lipinski definition) is 18. The Morgan fingerprint density at radius 2 is 0.667 bits per heavy atom. The number of amides is 1. The Labute approximate surface area is 634 Å². The van der Waals surface area contributed by atoms with Crippen molar-refractivity contribution < 1.29 is 89.4 Å². The molecule has 19 heteroatoms. The number of carbonyl (C=O) groups is 1. The molecule has 0 radical (unpaired) electrons. The molecule has 0 aliphatic carbocycles. The molecule has 0 spiro atoms. The zero-order valence-electron chi connectivity index (χ0n) is 64.9. The second kappa shape index (κ2) is 65.2. The minimum atomic E-state index is -1.99. The fraction of sp³-hybridized carbons (Fsp3) is 0.779. The van der Waals surface area contributed by atoms with E-state index in [0.29, 0.717) is 12.8 Å². The van der Waals surface area contributed by atoms with E-state index in [1.807, 2.05) is 6.08 Å². The summed E-state index contributed by atoms with van der Waals surface area (Å²) in [5, 5.41) is 121. The van der Waals surface area contributed by atoms with Crippen LogP contribution in [0.3, 0.4) is 0 Å². The normalized spacial score (nSPS) is 26.4. The van der Waals surface area contributed by atoms with Crippen molar-refractivity contribution in [2.75, 3.05) is 26.4 Å². The quantitative estimate of drug-likeness (QED) is 0.0199. The first-order chi connectivity index (χ1) is 51.3. The molecule has 0 saturated carbocycles. The Bertz CT molecular complexity index is 2320. The van der Waals surface area contributed by atoms with E-state index in [1.54, 1.807) is 6.08 Å². The molecule has 0 bridgehead atoms. The lowest BCUT2D eigenvalue weighted by atomic mass is 9.96. The summed E-state index contributed by atoms with van der Waals surface area (Å²) in [4.78, 5) is 13.5. The third-order valence-corrected chi connectivity index (χ3v) is 20.0. The Balaban J connectivity index is 1.31. The number of allylic oxidation sites excluding steroid dienone is 17. The summed E-state index contributed by atoms with van der Waals surface area (Å²) >= 11 is 0. The fourth-order valence-electron chi connectivity index (χ4n) is 13.4. The van der Waals surface area contributed by atoms with Crippen LogP contribution in [0.15, 0.2) is 109 Å². The molecule has 3 aliphatic rings. The van der Waals surface area contributed by atoms with E-state index in [4.69, 9.17) is 28.4 Å². The van der Waals surface area contributed by atoms with Crippen LogP contribution in [0.5, 0.6) is 0 Å². The highest BCUT2D eigenvalue weighted by Gasteiger charge is 2.54. The average molecular weight is 1490 g/mol. The second-order valence-corrected chi connectivity index (χ2v) is 29.2. The summed E-state index contributed by atoms with van der Waals surface area (Å²) in [6, 6.07) is -1.00. The predicted octanol–water partition coefficient (Wildman–Crippen LogP) is 14.5. The lowest BCUT2D eigenvalue weighted by Gasteiger charge is -2.48. The molecule has 105 heavy (non-hydrogen) atoms. The number of hydrogen-bond donors (Lipinski definition) is 12. The van der Waals surface area contributed by atoms with Gasteiger partial charge in [-0.2, -0.15) is 0 Å². The largest absolute Gasteiger partial charge is 0.394 e. The lowest BCUT2D eigenvalue weighted by molar-refractivity contribution is -0.379. The molecule has 3 rings (SSSR count). The third-order valence-electron chi connectivity index (χ3n) is 20.0. The number of unbranched alkanes of at least 4 members (excludes halogenated alkanes) is 33. The van der Waals surface area contributed by atoms with Crippen molar-refractivity contribution in [1.82, 2.24) is 5.32 Å². The van der Waals surface area contributed by atoms with E-state index in [0.717, 1.165) is 83.5 Å². The summed E-state index contributed by atoms with van der Waals surface area (Å²) in [6.07, 6.45) is 63.8. The minimum Gasteiger partial charge on any atom is -0.394 e. The highest BCUT2D eigenvalue weighted by Crippen LogP contribution is 2.33. The van der Waals surface area contributed by atoms with Crippen molar-refractivity contribution in [3.63, 3.8) is 0 Å². The molecule has 19 nitrogen and oxygen atoms in total. The number of aliphatic hydroxyl groups is 11. The zero-order chi connectivity index (χ0) is 76.0. The standard InChI is InChI=1S/C86H149NO18/c1-3-5-7-9-11-13-15-17-19-21-23-24-25-26-27-28-29-30-31-32-33-34-35-36-37-38-39-40-41-42-43-44-46-48-50-52-54-56-58-60-62-64-74(92)87-69(70(91)63-61-59-57-55-53-51-49-47-45-22-20-18-16-14-12-10-8-6-4-2)68-100-84-80(98)77(95)82(72(66-89)102-84)105-86-81(99)78(96)83(73(67-90)103-86)104-85-79(97)76(94)75(93)71(65-88)101-85/h5,7,11,13,17,19,23-24,26-27,29-30,45,47,53,55,61,63,69-73,75-86,88-91,93-99H,3-4,6,8-10,12,14-16,18,20-22,25,28,31-44,46,48-52,54,56-60,62,64-68H2,1-2H3,(H,87,92)/b7-5-,13-11-,19-17-,24-23-,27-26-,30-29-,47-45+,55-53+,63-61+. The molecule has 12 N–H and O–H groups in total. The monoisotopic (exact) mass is 1480 g/mol. The number of ether oxygens (including phenoxy) is 6. The highest BCUT2D eigenvalue weighted by atomic mass is 16.8. The summed E-state index contributed by atoms with van der Waals surface area (Å²) in [5.74, 6) is -0.288. The first-order valence-electron chi connectivity index (χ1n) is 41.6. The summed E-state index contributed by atoms with van der Waals surface area (Å²) in [6.45, 7) is 1.61. The van der Waals surface area contributed by atoms with Gasteiger partial charge in [-0.05, 0) is 96.3 Å². The van der Waals surface area contributed by atoms with Crippen LogP contribution in [0.4, 0.5) is 0 Å². The molecular formula is C86H149NO18. The van der Waals surface area contributed by atoms with Gasteiger partial charge in [-0.25, -0.2) is 0 Å². The number of carbonyl (C=O) groups excluding carboxylic acids is 1. The van der Waals surface area contributed by atoms with Gasteiger partial charge in [0, 0.05) is 6.42 Å². The van der Waals surface area contributed by atoms with Crippen molar-refractivity contribution in [2.45, 2.75) is 401 Å². The van der Waals surface area contributed by atoms with Crippen LogP contribution in [-0.2, 0) is 33.2 Å². The van der Waals surface area contributed by atoms with Crippen molar-refractivity contribution in [2.24, 2.45) is 0 Å². The minimum absolute atomic E-state index is 0.230. The van der Waals surface area contributed by atoms with Gasteiger partial charge in [0.05, 0.1) is 38.6 Å². The SMILES string of the molecule is CC/C=C\C/C=C\C/C=C\C/C=C\C/C=C\C/C=C\CCCCCCCCCCCCCCCCCCCCCCCCC(=O)NC(COC1OC(CO)C(OC2OC(CO)C(OC3OC(CO)C(O)C(O)C3O)C(O)C2O)C(O)C1O)C(O)/C=C/CC/C=C/CC/C=C/CCCCCCCCCCC. The first-order valence-corrected chi connectivity index (χ1v) is 41.6. The number of rotatable bonds is 65. The van der Waals surface area contributed by atoms with E-state index < -0.39 is 124 Å². The van der Waals surface area contributed by atoms with Gasteiger partial charge in [0.2, 0.25) is 5.91 Å². The van der Waals surface area contributed by atoms with Gasteiger partial charge in [-0.1, -0.05) is 303 Å². The van der Waals surface area contributed by atoms with Gasteiger partial charge in [-0.3, -0.25) is 4.79 Å². The first kappa shape index (κ1) is 95.7. The van der Waals surface area contributed by atoms with Gasteiger partial charge in [0.25, 0.3) is 0 Å². The zero-order valence-corrected chi connectivity index (χ0v) is 64.9. The molecule has 3 heterocycles. The van der Waals surface area contributed by atoms with E-state index in [2.05, 4.69) is 116 Å². The van der Waals surface area contributed by atoms with Gasteiger partial charge < -0.3 is 89.9 Å². The van der Waals surface area contributed by atoms with E-state index >= 15 is 0 Å². The van der Waals surface area contributed by atoms with Gasteiger partial charge >= 0.3 is 0 Å². The molecule has 17 unspecified atom stereocenters. The predicted molar refractivity (Wildman–Crippen MR) is 420 cm³/mol. The highest BCUT2D eigenvalue weighted by molar-refractivity contribution is 5.76. The maximum absolute atomic E-state index is 13.5. The van der Waals surface area contributed by atoms with Crippen molar-refractivity contribution in [1.29, 1.82) is 0 Å². The van der Waals surface area contributed by atoms with Crippen molar-refractivity contribution in [3.8, 4) is 0 Å². The maximum Gasteiger partial charge on any atom is 0.220 e. The topological polar surface area (TPSA) is 307 Å². The van der Waals surface area contributed by atoms with Crippen molar-refractivity contribution in [3.05, 3.63) is 109 Å². The summed E-state index contributed by atoms with van der Waals surface area (Å²) in [5.41, 5.74) is 0. The molecule has 17 atom stereocenters. The Morgan fingerprint density at radius 1 is 0.352 bits per heavy atom. The van der Waals surface area contributed by atoms with Crippen LogP contribution in [0.2, 0.25) is 0 Å². The Morgan fingerprint density at radius 3 is 1.07 bits per heavy atom. The van der Waals surface area contributed by atoms with Gasteiger partial charge in [-0.15, -0.1) is 0 Å². The number of aliphatic hydroxyl groups excluding tert-OH is 11. The molecule has 3 saturated heterocycles. The smallest absolute Gasteiger partial charge is 0.220 e. The van der Waals surface area contributed by atoms with Crippen LogP contribution in [0.1, 0.15) is 296 Å². The van der Waals surface area contributed by atoms with Gasteiger partial charge in [0.15, 0.2) is 18.9 Å². The molecule has 606 valence electrons. The second-order valence-electron chi connectivity index (χ2n) is 29.2. The molecule has 0 aromatic heterocycles. The molecule has 1 amide bonds. The summed E-state index contributed by atoms with van der Waals surface area (Å²) < 4.78 is 34.4. The fourth-order valence-corrected chi connectivity index (χ4v) is 13.4. The van der Waals surface area contributed by atoms with E-state index in [1.165, 1.54) is 180 Å². The van der Waals surface area contributed by atoms with E-state index in [-0.39, 0.29) is 18.9 Å². The van der Waals surface area contributed by atoms with E-state index in [9.17, 15) is 61.0 Å². The van der Waals surface area contributed by atoms with Gasteiger partial charge in [0.1, 0.15) is 73.2 Å². The van der Waals surface area contributed by atoms with Crippen LogP contribution >= 0.6 is 0 Å². The van der Waals surface area contributed by atoms with Crippen LogP contribution in [0.25, 0.3) is 0 Å². The maximum atomic E-state index is 13.5. The molecular weight excluding hydrogens is 1330 g/mol. The van der Waals surface area contributed by atoms with Crippen molar-refractivity contribution >= 4 is 5.91 Å². The number of nitrogens with one attached hydrogen (secondary N) is 1. The third kappa shape index (κ3) is 44.8. The molecule has 3 fully saturated rings. The molecule has 3 aliphatic heterocycles. The Kier molecular flexibility index (Phi) is 59.4. The average Bonchev–Trinajstić information content (AvgIpc) is 0.781. The Hall–Kier alpha value is -3.55. The van der Waals surface area contributed by atoms with Crippen LogP contribution in [0, 0.1) is 0 Å². The lowest BCUT2D eigenvalue weighted by Crippen LogP contribution is -2.66. The van der Waals surface area contributed by atoms with Crippen LogP contribution in [-0.4, -0.2) is 193 Å². The summed E-state index contributed by atoms with van der Waals surface area (Å²) in [7, 11) is 0. The molecule has 0 aromatic carbocycles. The molecule has 0 aromatic rings.